The molecule has 100 valence electrons. The van der Waals surface area contributed by atoms with Gasteiger partial charge >= 0.3 is 0 Å². The molecule has 0 bridgehead atoms. The zero-order chi connectivity index (χ0) is 13.2. The Bertz CT molecular complexity index is 514. The third-order valence-corrected chi connectivity index (χ3v) is 4.67. The molecule has 9 heteroatoms. The van der Waals surface area contributed by atoms with Crippen molar-refractivity contribution >= 4 is 32.4 Å². The van der Waals surface area contributed by atoms with Gasteiger partial charge in [-0.1, -0.05) is 17.8 Å². The van der Waals surface area contributed by atoms with Gasteiger partial charge in [-0.3, -0.25) is 10.1 Å². The molecule has 1 atom stereocenters. The average molecular weight is 290 g/mol. The SMILES string of the molecule is CS(=O)(=O)N1CCCC[C@@H]1C(=O)Nc1nncs1. The summed E-state index contributed by atoms with van der Waals surface area (Å²) in [6, 6.07) is -0.641. The van der Waals surface area contributed by atoms with Crippen LogP contribution in [0, 0.1) is 0 Å². The summed E-state index contributed by atoms with van der Waals surface area (Å²) in [7, 11) is -3.36. The van der Waals surface area contributed by atoms with Crippen molar-refractivity contribution in [3.8, 4) is 0 Å². The summed E-state index contributed by atoms with van der Waals surface area (Å²) in [6.07, 6.45) is 3.30. The van der Waals surface area contributed by atoms with Gasteiger partial charge in [0.05, 0.1) is 6.26 Å². The molecule has 0 unspecified atom stereocenters. The molecule has 0 aromatic carbocycles. The van der Waals surface area contributed by atoms with Crippen LogP contribution in [0.3, 0.4) is 0 Å². The summed E-state index contributed by atoms with van der Waals surface area (Å²) in [5.41, 5.74) is 1.50. The second kappa shape index (κ2) is 5.29. The number of carbonyl (C=O) groups excluding carboxylic acids is 1. The lowest BCUT2D eigenvalue weighted by Gasteiger charge is -2.32. The number of anilines is 1. The maximum absolute atomic E-state index is 12.0. The lowest BCUT2D eigenvalue weighted by atomic mass is 10.0. The molecule has 1 N–H and O–H groups in total. The highest BCUT2D eigenvalue weighted by Gasteiger charge is 2.34. The summed E-state index contributed by atoms with van der Waals surface area (Å²) in [6.45, 7) is 0.396. The minimum absolute atomic E-state index is 0.336. The Hall–Kier alpha value is -1.06. The summed E-state index contributed by atoms with van der Waals surface area (Å²) in [5, 5.41) is 10.3. The van der Waals surface area contributed by atoms with Crippen LogP contribution < -0.4 is 5.32 Å². The lowest BCUT2D eigenvalue weighted by molar-refractivity contribution is -0.120. The fourth-order valence-corrected chi connectivity index (χ4v) is 3.55. The van der Waals surface area contributed by atoms with Gasteiger partial charge in [0.15, 0.2) is 0 Å². The Labute approximate surface area is 109 Å². The quantitative estimate of drug-likeness (QED) is 0.864. The first-order valence-corrected chi connectivity index (χ1v) is 8.25. The first kappa shape index (κ1) is 13.4. The molecular formula is C9H14N4O3S2. The molecule has 2 rings (SSSR count). The molecule has 1 fully saturated rings. The van der Waals surface area contributed by atoms with Gasteiger partial charge in [-0.25, -0.2) is 8.42 Å². The number of nitrogens with zero attached hydrogens (tertiary/aromatic N) is 3. The number of hydrogen-bond donors (Lipinski definition) is 1. The Balaban J connectivity index is 2.11. The van der Waals surface area contributed by atoms with E-state index in [1.54, 1.807) is 0 Å². The van der Waals surface area contributed by atoms with Crippen molar-refractivity contribution in [2.75, 3.05) is 18.1 Å². The van der Waals surface area contributed by atoms with Crippen LogP contribution in [-0.4, -0.2) is 47.7 Å². The number of carbonyl (C=O) groups is 1. The van der Waals surface area contributed by atoms with Crippen LogP contribution in [0.5, 0.6) is 0 Å². The minimum atomic E-state index is -3.36. The molecule has 2 heterocycles. The summed E-state index contributed by atoms with van der Waals surface area (Å²) in [5.74, 6) is -0.336. The van der Waals surface area contributed by atoms with Crippen molar-refractivity contribution in [3.05, 3.63) is 5.51 Å². The number of hydrogen-bond acceptors (Lipinski definition) is 6. The lowest BCUT2D eigenvalue weighted by Crippen LogP contribution is -2.49. The normalized spacial score (nSPS) is 21.7. The van der Waals surface area contributed by atoms with Gasteiger partial charge in [-0.2, -0.15) is 4.31 Å². The van der Waals surface area contributed by atoms with Crippen LogP contribution in [0.15, 0.2) is 5.51 Å². The van der Waals surface area contributed by atoms with Gasteiger partial charge in [0.25, 0.3) is 0 Å². The molecule has 0 aliphatic carbocycles. The highest BCUT2D eigenvalue weighted by atomic mass is 32.2. The first-order valence-electron chi connectivity index (χ1n) is 5.52. The van der Waals surface area contributed by atoms with Crippen molar-refractivity contribution in [1.29, 1.82) is 0 Å². The van der Waals surface area contributed by atoms with E-state index in [9.17, 15) is 13.2 Å². The summed E-state index contributed by atoms with van der Waals surface area (Å²) >= 11 is 1.20. The van der Waals surface area contributed by atoms with Crippen molar-refractivity contribution < 1.29 is 13.2 Å². The van der Waals surface area contributed by atoms with Crippen molar-refractivity contribution in [3.63, 3.8) is 0 Å². The van der Waals surface area contributed by atoms with Gasteiger partial charge in [-0.15, -0.1) is 10.2 Å². The molecule has 0 saturated carbocycles. The molecule has 1 amide bonds. The van der Waals surface area contributed by atoms with E-state index in [0.29, 0.717) is 18.1 Å². The Morgan fingerprint density at radius 1 is 1.56 bits per heavy atom. The molecule has 7 nitrogen and oxygen atoms in total. The van der Waals surface area contributed by atoms with E-state index < -0.39 is 16.1 Å². The van der Waals surface area contributed by atoms with Gasteiger partial charge < -0.3 is 0 Å². The third-order valence-electron chi connectivity index (χ3n) is 2.77. The maximum atomic E-state index is 12.0. The van der Waals surface area contributed by atoms with E-state index in [-0.39, 0.29) is 5.91 Å². The van der Waals surface area contributed by atoms with Crippen LogP contribution >= 0.6 is 11.3 Å². The topological polar surface area (TPSA) is 92.3 Å². The molecule has 1 aliphatic heterocycles. The molecular weight excluding hydrogens is 276 g/mol. The monoisotopic (exact) mass is 290 g/mol. The van der Waals surface area contributed by atoms with Crippen LogP contribution in [0.1, 0.15) is 19.3 Å². The number of rotatable bonds is 3. The Morgan fingerprint density at radius 2 is 2.33 bits per heavy atom. The first-order chi connectivity index (χ1) is 8.48. The van der Waals surface area contributed by atoms with E-state index in [2.05, 4.69) is 15.5 Å². The molecule has 1 aliphatic rings. The molecule has 0 radical (unpaired) electrons. The molecule has 1 aromatic rings. The van der Waals surface area contributed by atoms with Crippen molar-refractivity contribution in [2.24, 2.45) is 0 Å². The predicted molar refractivity (Wildman–Crippen MR) is 67.7 cm³/mol. The zero-order valence-electron chi connectivity index (χ0n) is 9.87. The largest absolute Gasteiger partial charge is 0.299 e. The smallest absolute Gasteiger partial charge is 0.244 e. The zero-order valence-corrected chi connectivity index (χ0v) is 11.5. The maximum Gasteiger partial charge on any atom is 0.244 e. The van der Waals surface area contributed by atoms with E-state index in [0.717, 1.165) is 19.1 Å². The van der Waals surface area contributed by atoms with Crippen molar-refractivity contribution in [2.45, 2.75) is 25.3 Å². The van der Waals surface area contributed by atoms with Crippen LogP contribution in [0.2, 0.25) is 0 Å². The molecule has 1 aromatic heterocycles. The second-order valence-corrected chi connectivity index (χ2v) is 6.89. The van der Waals surface area contributed by atoms with E-state index in [4.69, 9.17) is 0 Å². The second-order valence-electron chi connectivity index (χ2n) is 4.12. The van der Waals surface area contributed by atoms with Gasteiger partial charge in [0.2, 0.25) is 21.1 Å². The number of sulfonamides is 1. The number of aromatic nitrogens is 2. The Kier molecular flexibility index (Phi) is 3.93. The summed E-state index contributed by atoms with van der Waals surface area (Å²) < 4.78 is 24.5. The highest BCUT2D eigenvalue weighted by molar-refractivity contribution is 7.88. The fraction of sp³-hybridized carbons (Fsp3) is 0.667. The predicted octanol–water partition coefficient (Wildman–Crippen LogP) is 0.291. The van der Waals surface area contributed by atoms with E-state index in [1.807, 2.05) is 0 Å². The van der Waals surface area contributed by atoms with E-state index >= 15 is 0 Å². The van der Waals surface area contributed by atoms with Crippen LogP contribution in [0.4, 0.5) is 5.13 Å². The van der Waals surface area contributed by atoms with Crippen LogP contribution in [0.25, 0.3) is 0 Å². The van der Waals surface area contributed by atoms with Gasteiger partial charge in [0, 0.05) is 6.54 Å². The standard InChI is InChI=1S/C9H14N4O3S2/c1-18(15,16)13-5-3-2-4-7(13)8(14)11-9-12-10-6-17-9/h6-7H,2-5H2,1H3,(H,11,12,14)/t7-/m1/s1. The molecule has 1 saturated heterocycles. The van der Waals surface area contributed by atoms with Gasteiger partial charge in [-0.05, 0) is 12.8 Å². The third kappa shape index (κ3) is 3.03. The highest BCUT2D eigenvalue weighted by Crippen LogP contribution is 2.21. The average Bonchev–Trinajstić information content (AvgIpc) is 2.80. The number of amides is 1. The molecule has 0 spiro atoms. The molecule has 18 heavy (non-hydrogen) atoms. The summed E-state index contributed by atoms with van der Waals surface area (Å²) in [4.78, 5) is 12.0. The Morgan fingerprint density at radius 3 is 2.94 bits per heavy atom. The minimum Gasteiger partial charge on any atom is -0.299 e. The van der Waals surface area contributed by atoms with E-state index in [1.165, 1.54) is 21.2 Å². The fourth-order valence-electron chi connectivity index (χ4n) is 1.98. The van der Waals surface area contributed by atoms with Crippen LogP contribution in [-0.2, 0) is 14.8 Å². The van der Waals surface area contributed by atoms with Gasteiger partial charge in [0.1, 0.15) is 11.6 Å². The van der Waals surface area contributed by atoms with Crippen molar-refractivity contribution in [1.82, 2.24) is 14.5 Å². The number of piperidine rings is 1. The number of nitrogens with one attached hydrogen (secondary N) is 1.